The molecule has 1 rings (SSSR count). The Labute approximate surface area is 113 Å². The molecule has 5 nitrogen and oxygen atoms in total. The average molecular weight is 284 g/mol. The highest BCUT2D eigenvalue weighted by molar-refractivity contribution is 7.38. The van der Waals surface area contributed by atoms with Gasteiger partial charge in [0.2, 0.25) is 6.16 Å². The fourth-order valence-corrected chi connectivity index (χ4v) is 2.14. The minimum Gasteiger partial charge on any atom is -0.444 e. The van der Waals surface area contributed by atoms with Crippen molar-refractivity contribution >= 4 is 14.1 Å². The van der Waals surface area contributed by atoms with E-state index in [9.17, 15) is 9.36 Å². The molecule has 104 valence electrons. The first-order valence-electron chi connectivity index (χ1n) is 5.96. The van der Waals surface area contributed by atoms with E-state index in [1.165, 1.54) is 0 Å². The molecule has 0 saturated carbocycles. The van der Waals surface area contributed by atoms with Crippen LogP contribution >= 0.6 is 8.03 Å². The van der Waals surface area contributed by atoms with Crippen LogP contribution in [-0.4, -0.2) is 22.7 Å². The van der Waals surface area contributed by atoms with Crippen molar-refractivity contribution < 1.29 is 19.0 Å². The molecule has 0 aromatic heterocycles. The van der Waals surface area contributed by atoms with E-state index in [2.05, 4.69) is 5.32 Å². The van der Waals surface area contributed by atoms with E-state index in [1.807, 2.05) is 18.2 Å². The Kier molecular flexibility index (Phi) is 5.45. The number of benzene rings is 1. The third-order valence-corrected chi connectivity index (χ3v) is 2.91. The number of carbonyl (C=O) groups is 1. The Balaban J connectivity index is 2.76. The lowest BCUT2D eigenvalue weighted by atomic mass is 10.1. The van der Waals surface area contributed by atoms with E-state index < -0.39 is 25.8 Å². The summed E-state index contributed by atoms with van der Waals surface area (Å²) >= 11 is 0. The summed E-state index contributed by atoms with van der Waals surface area (Å²) in [4.78, 5) is 20.8. The van der Waals surface area contributed by atoms with Gasteiger partial charge in [0.05, 0.1) is 0 Å². The minimum absolute atomic E-state index is 0.0431. The number of ether oxygens (including phenoxy) is 1. The second-order valence-corrected chi connectivity index (χ2v) is 6.21. The lowest BCUT2D eigenvalue weighted by Gasteiger charge is -2.22. The molecular weight excluding hydrogens is 265 g/mol. The highest BCUT2D eigenvalue weighted by Gasteiger charge is 2.26. The molecule has 0 radical (unpaired) electrons. The van der Waals surface area contributed by atoms with E-state index in [1.54, 1.807) is 32.9 Å². The molecule has 2 N–H and O–H groups in total. The van der Waals surface area contributed by atoms with Gasteiger partial charge < -0.3 is 10.1 Å². The molecule has 0 bridgehead atoms. The normalized spacial score (nSPS) is 13.6. The van der Waals surface area contributed by atoms with Crippen LogP contribution < -0.4 is 5.32 Å². The van der Waals surface area contributed by atoms with Crippen LogP contribution in [0.15, 0.2) is 30.3 Å². The molecule has 0 spiro atoms. The summed E-state index contributed by atoms with van der Waals surface area (Å²) in [7, 11) is -2.35. The van der Waals surface area contributed by atoms with Crippen LogP contribution in [0.3, 0.4) is 0 Å². The van der Waals surface area contributed by atoms with Crippen LogP contribution in [0.2, 0.25) is 0 Å². The summed E-state index contributed by atoms with van der Waals surface area (Å²) in [5.41, 5.74) is 0.165. The van der Waals surface area contributed by atoms with Crippen LogP contribution in [0.5, 0.6) is 0 Å². The van der Waals surface area contributed by atoms with Crippen LogP contribution in [0.1, 0.15) is 32.4 Å². The van der Waals surface area contributed by atoms with Crippen LogP contribution in [-0.2, 0) is 9.30 Å². The quantitative estimate of drug-likeness (QED) is 0.833. The van der Waals surface area contributed by atoms with Gasteiger partial charge in [0.1, 0.15) is 11.6 Å². The minimum atomic E-state index is -2.35. The van der Waals surface area contributed by atoms with Crippen molar-refractivity contribution in [3.63, 3.8) is 0 Å². The van der Waals surface area contributed by atoms with Gasteiger partial charge in [-0.25, -0.2) is 4.79 Å². The van der Waals surface area contributed by atoms with E-state index >= 15 is 0 Å². The fourth-order valence-electron chi connectivity index (χ4n) is 1.53. The number of rotatable bonds is 4. The number of alkyl carbamates (subject to hydrolysis) is 1. The van der Waals surface area contributed by atoms with Gasteiger partial charge in [0.25, 0.3) is 0 Å². The Bertz CT molecular complexity index is 442. The van der Waals surface area contributed by atoms with Gasteiger partial charge in [-0.15, -0.1) is 0 Å². The molecule has 0 heterocycles. The first kappa shape index (κ1) is 15.6. The molecule has 1 unspecified atom stereocenters. The summed E-state index contributed by atoms with van der Waals surface area (Å²) in [5.74, 6) is 0. The smallest absolute Gasteiger partial charge is 0.444 e. The molecule has 0 aliphatic carbocycles. The predicted molar refractivity (Wildman–Crippen MR) is 73.2 cm³/mol. The van der Waals surface area contributed by atoms with Crippen molar-refractivity contribution in [1.29, 1.82) is 0 Å². The number of amides is 1. The Morgan fingerprint density at radius 2 is 1.95 bits per heavy atom. The van der Waals surface area contributed by atoms with Crippen molar-refractivity contribution in [3.8, 4) is 0 Å². The van der Waals surface area contributed by atoms with Crippen LogP contribution in [0.4, 0.5) is 4.79 Å². The summed E-state index contributed by atoms with van der Waals surface area (Å²) in [6.45, 7) is 5.28. The second-order valence-electron chi connectivity index (χ2n) is 5.14. The maximum atomic E-state index is 11.7. The van der Waals surface area contributed by atoms with Crippen molar-refractivity contribution in [3.05, 3.63) is 35.9 Å². The molecule has 0 saturated heterocycles. The zero-order valence-electron chi connectivity index (χ0n) is 11.3. The standard InChI is InChI=1S/C13H18NO4P/c1-13(2,3)18-12(15)14-11(9-19(16)17)10-7-5-4-6-8-10/h4-8,11H,9H2,1-3H3,(H-,14,15,16,17)/p+1/t11-/m1/s1. The van der Waals surface area contributed by atoms with Crippen LogP contribution in [0, 0.1) is 0 Å². The summed E-state index contributed by atoms with van der Waals surface area (Å²) in [5, 5.41) is 2.62. The molecule has 19 heavy (non-hydrogen) atoms. The van der Waals surface area contributed by atoms with Gasteiger partial charge in [0.15, 0.2) is 0 Å². The number of carbonyl (C=O) groups excluding carboxylic acids is 1. The van der Waals surface area contributed by atoms with E-state index in [4.69, 9.17) is 9.63 Å². The molecule has 0 aliphatic heterocycles. The fraction of sp³-hybridized carbons (Fsp3) is 0.462. The van der Waals surface area contributed by atoms with Gasteiger partial charge in [0, 0.05) is 0 Å². The summed E-state index contributed by atoms with van der Waals surface area (Å²) in [6.07, 6.45) is -0.642. The van der Waals surface area contributed by atoms with Crippen molar-refractivity contribution in [1.82, 2.24) is 5.32 Å². The van der Waals surface area contributed by atoms with Crippen LogP contribution in [0.25, 0.3) is 0 Å². The van der Waals surface area contributed by atoms with Gasteiger partial charge in [-0.2, -0.15) is 4.89 Å². The highest BCUT2D eigenvalue weighted by atomic mass is 31.1. The van der Waals surface area contributed by atoms with Gasteiger partial charge in [-0.3, -0.25) is 0 Å². The second kappa shape index (κ2) is 6.64. The monoisotopic (exact) mass is 284 g/mol. The summed E-state index contributed by atoms with van der Waals surface area (Å²) < 4.78 is 16.2. The molecular formula is C13H19NO4P+. The Hall–Kier alpha value is -1.45. The van der Waals surface area contributed by atoms with Gasteiger partial charge in [-0.1, -0.05) is 30.3 Å². The maximum Gasteiger partial charge on any atom is 0.508 e. The average Bonchev–Trinajstić information content (AvgIpc) is 2.26. The molecule has 1 amide bonds. The molecule has 1 aromatic carbocycles. The first-order chi connectivity index (χ1) is 8.78. The highest BCUT2D eigenvalue weighted by Crippen LogP contribution is 2.24. The number of hydrogen-bond donors (Lipinski definition) is 2. The van der Waals surface area contributed by atoms with Crippen molar-refractivity contribution in [2.24, 2.45) is 0 Å². The Morgan fingerprint density at radius 3 is 2.42 bits per heavy atom. The summed E-state index contributed by atoms with van der Waals surface area (Å²) in [6, 6.07) is 8.51. The molecule has 2 atom stereocenters. The number of hydrogen-bond acceptors (Lipinski definition) is 3. The molecule has 0 aliphatic rings. The first-order valence-corrected chi connectivity index (χ1v) is 7.36. The zero-order chi connectivity index (χ0) is 14.5. The molecule has 6 heteroatoms. The van der Waals surface area contributed by atoms with E-state index in [0.717, 1.165) is 5.56 Å². The molecule has 0 fully saturated rings. The third-order valence-electron chi connectivity index (χ3n) is 2.23. The SMILES string of the molecule is CC(C)(C)OC(=O)N[C@H](C[P+](=O)O)c1ccccc1. The van der Waals surface area contributed by atoms with Crippen molar-refractivity contribution in [2.45, 2.75) is 32.4 Å². The van der Waals surface area contributed by atoms with E-state index in [-0.39, 0.29) is 6.16 Å². The van der Waals surface area contributed by atoms with Crippen molar-refractivity contribution in [2.75, 3.05) is 6.16 Å². The lowest BCUT2D eigenvalue weighted by Crippen LogP contribution is -2.35. The third kappa shape index (κ3) is 6.32. The van der Waals surface area contributed by atoms with Gasteiger partial charge >= 0.3 is 14.1 Å². The van der Waals surface area contributed by atoms with E-state index in [0.29, 0.717) is 0 Å². The van der Waals surface area contributed by atoms with Gasteiger partial charge in [-0.05, 0) is 30.9 Å². The largest absolute Gasteiger partial charge is 0.508 e. The topological polar surface area (TPSA) is 75.6 Å². The predicted octanol–water partition coefficient (Wildman–Crippen LogP) is 2.99. The molecule has 1 aromatic rings. The Morgan fingerprint density at radius 1 is 1.37 bits per heavy atom. The lowest BCUT2D eigenvalue weighted by molar-refractivity contribution is 0.0508. The number of nitrogens with one attached hydrogen (secondary N) is 1. The maximum absolute atomic E-state index is 11.7. The zero-order valence-corrected chi connectivity index (χ0v) is 12.2.